The summed E-state index contributed by atoms with van der Waals surface area (Å²) in [5.74, 6) is 0.410. The first-order valence-corrected chi connectivity index (χ1v) is 6.21. The van der Waals surface area contributed by atoms with Crippen LogP contribution in [-0.2, 0) is 11.2 Å². The summed E-state index contributed by atoms with van der Waals surface area (Å²) < 4.78 is 0. The fourth-order valence-electron chi connectivity index (χ4n) is 1.95. The average molecular weight is 218 g/mol. The van der Waals surface area contributed by atoms with Gasteiger partial charge < -0.3 is 0 Å². The summed E-state index contributed by atoms with van der Waals surface area (Å²) in [6, 6.07) is 6.54. The van der Waals surface area contributed by atoms with Gasteiger partial charge in [-0.1, -0.05) is 30.7 Å². The third-order valence-corrected chi connectivity index (χ3v) is 2.94. The molecule has 0 unspecified atom stereocenters. The van der Waals surface area contributed by atoms with Crippen LogP contribution in [0.15, 0.2) is 18.2 Å². The van der Waals surface area contributed by atoms with Crippen LogP contribution in [0.2, 0.25) is 0 Å². The third-order valence-electron chi connectivity index (χ3n) is 2.94. The number of benzene rings is 1. The predicted octanol–water partition coefficient (Wildman–Crippen LogP) is 4.00. The van der Waals surface area contributed by atoms with E-state index in [2.05, 4.69) is 39.0 Å². The zero-order valence-electron chi connectivity index (χ0n) is 10.7. The van der Waals surface area contributed by atoms with Crippen molar-refractivity contribution in [1.82, 2.24) is 0 Å². The lowest BCUT2D eigenvalue weighted by atomic mass is 9.99. The second-order valence-electron chi connectivity index (χ2n) is 4.57. The lowest BCUT2D eigenvalue weighted by molar-refractivity contribution is -0.119. The third kappa shape index (κ3) is 4.18. The van der Waals surface area contributed by atoms with Crippen LogP contribution >= 0.6 is 0 Å². The second kappa shape index (κ2) is 6.47. The fourth-order valence-corrected chi connectivity index (χ4v) is 1.95. The molecule has 1 nitrogen and oxygen atoms in total. The molecule has 16 heavy (non-hydrogen) atoms. The van der Waals surface area contributed by atoms with Gasteiger partial charge in [-0.25, -0.2) is 0 Å². The Bertz CT molecular complexity index is 352. The van der Waals surface area contributed by atoms with E-state index < -0.39 is 0 Å². The summed E-state index contributed by atoms with van der Waals surface area (Å²) in [6.07, 6.45) is 4.47. The van der Waals surface area contributed by atoms with Crippen LogP contribution in [-0.4, -0.2) is 5.78 Å². The molecule has 0 amide bonds. The lowest BCUT2D eigenvalue weighted by Crippen LogP contribution is -1.99. The van der Waals surface area contributed by atoms with Crippen molar-refractivity contribution in [2.45, 2.75) is 52.9 Å². The second-order valence-corrected chi connectivity index (χ2v) is 4.57. The highest BCUT2D eigenvalue weighted by atomic mass is 16.1. The van der Waals surface area contributed by atoms with Crippen molar-refractivity contribution < 1.29 is 4.79 Å². The highest BCUT2D eigenvalue weighted by Crippen LogP contribution is 2.14. The van der Waals surface area contributed by atoms with E-state index in [1.807, 2.05) is 0 Å². The van der Waals surface area contributed by atoms with E-state index >= 15 is 0 Å². The molecule has 0 aromatic heterocycles. The Morgan fingerprint density at radius 3 is 2.62 bits per heavy atom. The number of aryl methyl sites for hydroxylation is 3. The monoisotopic (exact) mass is 218 g/mol. The normalized spacial score (nSPS) is 10.4. The predicted molar refractivity (Wildman–Crippen MR) is 68.8 cm³/mol. The maximum Gasteiger partial charge on any atom is 0.132 e. The van der Waals surface area contributed by atoms with Crippen molar-refractivity contribution in [3.8, 4) is 0 Å². The molecule has 0 aliphatic heterocycles. The molecule has 0 saturated heterocycles. The molecule has 0 spiro atoms. The number of ketones is 1. The Hall–Kier alpha value is -1.11. The van der Waals surface area contributed by atoms with Gasteiger partial charge in [0.1, 0.15) is 5.78 Å². The maximum atomic E-state index is 11.4. The van der Waals surface area contributed by atoms with E-state index in [1.165, 1.54) is 16.7 Å². The summed E-state index contributed by atoms with van der Waals surface area (Å²) in [7, 11) is 0. The van der Waals surface area contributed by atoms with Crippen LogP contribution in [0.4, 0.5) is 0 Å². The van der Waals surface area contributed by atoms with Gasteiger partial charge in [0.2, 0.25) is 0 Å². The molecule has 1 rings (SSSR count). The molecule has 0 saturated carbocycles. The molecule has 0 atom stereocenters. The molecule has 1 heteroatoms. The Balaban J connectivity index is 2.42. The quantitative estimate of drug-likeness (QED) is 0.705. The van der Waals surface area contributed by atoms with E-state index in [4.69, 9.17) is 0 Å². The summed E-state index contributed by atoms with van der Waals surface area (Å²) >= 11 is 0. The van der Waals surface area contributed by atoms with Crippen molar-refractivity contribution in [3.05, 3.63) is 34.9 Å². The molecular weight excluding hydrogens is 196 g/mol. The minimum absolute atomic E-state index is 0.410. The molecule has 1 aromatic rings. The van der Waals surface area contributed by atoms with Crippen molar-refractivity contribution in [2.75, 3.05) is 0 Å². The average Bonchev–Trinajstić information content (AvgIpc) is 2.23. The van der Waals surface area contributed by atoms with Crippen LogP contribution in [0, 0.1) is 13.8 Å². The molecule has 0 radical (unpaired) electrons. The van der Waals surface area contributed by atoms with Crippen LogP contribution < -0.4 is 0 Å². The first-order valence-electron chi connectivity index (χ1n) is 6.21. The standard InChI is InChI=1S/C15H22O/c1-4-6-15(16)8-5-7-14-11-12(2)9-10-13(14)3/h9-11H,4-8H2,1-3H3. The molecular formula is C15H22O. The highest BCUT2D eigenvalue weighted by Gasteiger charge is 2.02. The van der Waals surface area contributed by atoms with Gasteiger partial charge in [-0.15, -0.1) is 0 Å². The van der Waals surface area contributed by atoms with E-state index in [9.17, 15) is 4.79 Å². The van der Waals surface area contributed by atoms with Crippen molar-refractivity contribution in [3.63, 3.8) is 0 Å². The van der Waals surface area contributed by atoms with Crippen molar-refractivity contribution >= 4 is 5.78 Å². The van der Waals surface area contributed by atoms with Crippen LogP contribution in [0.1, 0.15) is 49.3 Å². The maximum absolute atomic E-state index is 11.4. The Morgan fingerprint density at radius 1 is 1.19 bits per heavy atom. The minimum Gasteiger partial charge on any atom is -0.300 e. The van der Waals surface area contributed by atoms with E-state index in [0.29, 0.717) is 5.78 Å². The highest BCUT2D eigenvalue weighted by molar-refractivity contribution is 5.78. The summed E-state index contributed by atoms with van der Waals surface area (Å²) in [5, 5.41) is 0. The minimum atomic E-state index is 0.410. The molecule has 0 bridgehead atoms. The van der Waals surface area contributed by atoms with E-state index in [0.717, 1.165) is 32.1 Å². The Morgan fingerprint density at radius 2 is 1.94 bits per heavy atom. The van der Waals surface area contributed by atoms with Gasteiger partial charge >= 0.3 is 0 Å². The fraction of sp³-hybridized carbons (Fsp3) is 0.533. The number of Topliss-reactive ketones (excluding diaryl/α,β-unsaturated/α-hetero) is 1. The zero-order chi connectivity index (χ0) is 12.0. The summed E-state index contributed by atoms with van der Waals surface area (Å²) in [4.78, 5) is 11.4. The Labute approximate surface area is 98.9 Å². The van der Waals surface area contributed by atoms with Gasteiger partial charge in [0.15, 0.2) is 0 Å². The summed E-state index contributed by atoms with van der Waals surface area (Å²) in [5.41, 5.74) is 4.04. The molecule has 0 aliphatic carbocycles. The van der Waals surface area contributed by atoms with Gasteiger partial charge in [-0.3, -0.25) is 4.79 Å². The SMILES string of the molecule is CCCC(=O)CCCc1cc(C)ccc1C. The molecule has 1 aromatic carbocycles. The van der Waals surface area contributed by atoms with Gasteiger partial charge in [-0.05, 0) is 44.2 Å². The number of carbonyl (C=O) groups excluding carboxylic acids is 1. The number of hydrogen-bond donors (Lipinski definition) is 0. The van der Waals surface area contributed by atoms with Gasteiger partial charge in [0.05, 0.1) is 0 Å². The number of carbonyl (C=O) groups is 1. The van der Waals surface area contributed by atoms with Gasteiger partial charge in [0.25, 0.3) is 0 Å². The Kier molecular flexibility index (Phi) is 5.24. The van der Waals surface area contributed by atoms with Gasteiger partial charge in [0, 0.05) is 12.8 Å². The first-order chi connectivity index (χ1) is 7.63. The molecule has 88 valence electrons. The van der Waals surface area contributed by atoms with Gasteiger partial charge in [-0.2, -0.15) is 0 Å². The molecule has 0 aliphatic rings. The van der Waals surface area contributed by atoms with Crippen LogP contribution in [0.3, 0.4) is 0 Å². The van der Waals surface area contributed by atoms with Crippen LogP contribution in [0.25, 0.3) is 0 Å². The summed E-state index contributed by atoms with van der Waals surface area (Å²) in [6.45, 7) is 6.32. The number of hydrogen-bond acceptors (Lipinski definition) is 1. The van der Waals surface area contributed by atoms with Crippen molar-refractivity contribution in [1.29, 1.82) is 0 Å². The number of rotatable bonds is 6. The molecule has 0 fully saturated rings. The van der Waals surface area contributed by atoms with Crippen LogP contribution in [0.5, 0.6) is 0 Å². The molecule has 0 N–H and O–H groups in total. The first kappa shape index (κ1) is 13.0. The van der Waals surface area contributed by atoms with E-state index in [-0.39, 0.29) is 0 Å². The molecule has 0 heterocycles. The zero-order valence-corrected chi connectivity index (χ0v) is 10.7. The van der Waals surface area contributed by atoms with E-state index in [1.54, 1.807) is 0 Å². The smallest absolute Gasteiger partial charge is 0.132 e. The van der Waals surface area contributed by atoms with Crippen molar-refractivity contribution in [2.24, 2.45) is 0 Å². The lowest BCUT2D eigenvalue weighted by Gasteiger charge is -2.06. The topological polar surface area (TPSA) is 17.1 Å². The largest absolute Gasteiger partial charge is 0.300 e.